The molecule has 0 aromatic heterocycles. The first-order valence-electron chi connectivity index (χ1n) is 6.03. The first-order valence-corrected chi connectivity index (χ1v) is 6.03. The zero-order valence-electron chi connectivity index (χ0n) is 9.66. The van der Waals surface area contributed by atoms with E-state index in [4.69, 9.17) is 0 Å². The highest BCUT2D eigenvalue weighted by molar-refractivity contribution is 5.79. The fraction of sp³-hybridized carbons (Fsp3) is 0.538. The second-order valence-electron chi connectivity index (χ2n) is 5.02. The molecule has 1 fully saturated rings. The predicted octanol–water partition coefficient (Wildman–Crippen LogP) is 2.57. The Morgan fingerprint density at radius 2 is 2.06 bits per heavy atom. The van der Waals surface area contributed by atoms with Crippen LogP contribution in [0.15, 0.2) is 18.2 Å². The summed E-state index contributed by atoms with van der Waals surface area (Å²) in [7, 11) is 2.12. The van der Waals surface area contributed by atoms with Crippen molar-refractivity contribution in [2.75, 3.05) is 23.8 Å². The monoisotopic (exact) mass is 218 g/mol. The van der Waals surface area contributed by atoms with E-state index in [2.05, 4.69) is 17.3 Å². The number of nitrogens with one attached hydrogen (secondary N) is 1. The Bertz CT molecular complexity index is 410. The molecule has 3 heteroatoms. The van der Waals surface area contributed by atoms with Crippen LogP contribution >= 0.6 is 0 Å². The molecule has 1 saturated carbocycles. The summed E-state index contributed by atoms with van der Waals surface area (Å²) in [6.07, 6.45) is 5.05. The molecule has 0 bridgehead atoms. The fourth-order valence-electron chi connectivity index (χ4n) is 3.19. The lowest BCUT2D eigenvalue weighted by Crippen LogP contribution is -2.52. The molecule has 0 atom stereocenters. The van der Waals surface area contributed by atoms with Crippen LogP contribution in [0.25, 0.3) is 0 Å². The summed E-state index contributed by atoms with van der Waals surface area (Å²) >= 11 is 0. The Morgan fingerprint density at radius 1 is 1.31 bits per heavy atom. The second-order valence-corrected chi connectivity index (χ2v) is 5.02. The van der Waals surface area contributed by atoms with Crippen LogP contribution in [-0.4, -0.2) is 24.2 Å². The third kappa shape index (κ3) is 1.20. The Kier molecular flexibility index (Phi) is 2.03. The molecule has 3 nitrogen and oxygen atoms in total. The van der Waals surface area contributed by atoms with E-state index < -0.39 is 0 Å². The van der Waals surface area contributed by atoms with Gasteiger partial charge in [-0.05, 0) is 25.0 Å². The van der Waals surface area contributed by atoms with Crippen LogP contribution in [0.1, 0.15) is 25.7 Å². The van der Waals surface area contributed by atoms with Gasteiger partial charge in [-0.3, -0.25) is 0 Å². The van der Waals surface area contributed by atoms with Crippen LogP contribution in [-0.2, 0) is 0 Å². The summed E-state index contributed by atoms with van der Waals surface area (Å²) in [4.78, 5) is 2.29. The fourth-order valence-corrected chi connectivity index (χ4v) is 3.19. The van der Waals surface area contributed by atoms with Gasteiger partial charge in [0.2, 0.25) is 0 Å². The Morgan fingerprint density at radius 3 is 2.81 bits per heavy atom. The van der Waals surface area contributed by atoms with Crippen LogP contribution in [0, 0.1) is 0 Å². The van der Waals surface area contributed by atoms with Gasteiger partial charge >= 0.3 is 0 Å². The number of fused-ring (bicyclic) bond motifs is 1. The summed E-state index contributed by atoms with van der Waals surface area (Å²) < 4.78 is 0. The Balaban J connectivity index is 2.07. The summed E-state index contributed by atoms with van der Waals surface area (Å²) in [6.45, 7) is 1.000. The average Bonchev–Trinajstić information content (AvgIpc) is 2.74. The molecule has 1 aromatic carbocycles. The second kappa shape index (κ2) is 3.30. The molecule has 1 aromatic rings. The first kappa shape index (κ1) is 9.82. The van der Waals surface area contributed by atoms with Crippen molar-refractivity contribution in [3.05, 3.63) is 18.2 Å². The van der Waals surface area contributed by atoms with E-state index in [9.17, 15) is 5.11 Å². The first-order chi connectivity index (χ1) is 7.73. The van der Waals surface area contributed by atoms with Crippen molar-refractivity contribution in [2.24, 2.45) is 0 Å². The van der Waals surface area contributed by atoms with Gasteiger partial charge in [-0.2, -0.15) is 0 Å². The van der Waals surface area contributed by atoms with Crippen LogP contribution in [0.4, 0.5) is 11.4 Å². The number of hydrogen-bond donors (Lipinski definition) is 2. The van der Waals surface area contributed by atoms with Crippen LogP contribution in [0.5, 0.6) is 5.75 Å². The van der Waals surface area contributed by atoms with Crippen LogP contribution in [0.2, 0.25) is 0 Å². The van der Waals surface area contributed by atoms with Crippen molar-refractivity contribution in [1.82, 2.24) is 0 Å². The average molecular weight is 218 g/mol. The lowest BCUT2D eigenvalue weighted by atomic mass is 9.91. The van der Waals surface area contributed by atoms with Crippen LogP contribution < -0.4 is 10.2 Å². The number of phenolic OH excluding ortho intramolecular Hbond substituents is 1. The number of likely N-dealkylation sites (N-methyl/N-ethyl adjacent to an activating group) is 1. The predicted molar refractivity (Wildman–Crippen MR) is 66.2 cm³/mol. The van der Waals surface area contributed by atoms with Crippen molar-refractivity contribution < 1.29 is 5.11 Å². The number of anilines is 2. The minimum Gasteiger partial charge on any atom is -0.506 e. The minimum absolute atomic E-state index is 0.228. The molecule has 1 heterocycles. The van der Waals surface area contributed by atoms with Gasteiger partial charge in [0.05, 0.1) is 11.2 Å². The zero-order chi connectivity index (χ0) is 11.2. The number of aromatic hydroxyl groups is 1. The molecule has 0 saturated heterocycles. The van der Waals surface area contributed by atoms with E-state index in [1.165, 1.54) is 25.7 Å². The van der Waals surface area contributed by atoms with Crippen molar-refractivity contribution in [2.45, 2.75) is 31.2 Å². The standard InChI is InChI=1S/C13H18N2O/c1-15-12-10(5-4-6-11(12)16)14-9-13(15)7-2-3-8-13/h4-6,14,16H,2-3,7-9H2,1H3. The van der Waals surface area contributed by atoms with Gasteiger partial charge in [-0.1, -0.05) is 18.9 Å². The third-order valence-corrected chi connectivity index (χ3v) is 4.20. The molecular weight excluding hydrogens is 200 g/mol. The summed E-state index contributed by atoms with van der Waals surface area (Å²) in [5.41, 5.74) is 2.25. The Hall–Kier alpha value is -1.38. The highest BCUT2D eigenvalue weighted by Crippen LogP contribution is 2.46. The van der Waals surface area contributed by atoms with Gasteiger partial charge in [0.15, 0.2) is 0 Å². The highest BCUT2D eigenvalue weighted by atomic mass is 16.3. The maximum absolute atomic E-state index is 9.99. The molecule has 0 radical (unpaired) electrons. The molecule has 16 heavy (non-hydrogen) atoms. The molecule has 1 aliphatic heterocycles. The molecule has 0 amide bonds. The van der Waals surface area contributed by atoms with Crippen molar-refractivity contribution in [1.29, 1.82) is 0 Å². The van der Waals surface area contributed by atoms with Crippen molar-refractivity contribution >= 4 is 11.4 Å². The maximum atomic E-state index is 9.99. The summed E-state index contributed by atoms with van der Waals surface area (Å²) in [6, 6.07) is 5.69. The van der Waals surface area contributed by atoms with Gasteiger partial charge in [0, 0.05) is 13.6 Å². The largest absolute Gasteiger partial charge is 0.506 e. The lowest BCUT2D eigenvalue weighted by Gasteiger charge is -2.45. The van der Waals surface area contributed by atoms with Crippen molar-refractivity contribution in [3.8, 4) is 5.75 Å². The molecule has 0 unspecified atom stereocenters. The molecule has 1 spiro atoms. The Labute approximate surface area is 96.1 Å². The molecule has 2 aliphatic rings. The molecule has 1 aliphatic carbocycles. The van der Waals surface area contributed by atoms with Crippen molar-refractivity contribution in [3.63, 3.8) is 0 Å². The normalized spacial score (nSPS) is 21.9. The lowest BCUT2D eigenvalue weighted by molar-refractivity contribution is 0.414. The number of nitrogens with zero attached hydrogens (tertiary/aromatic N) is 1. The maximum Gasteiger partial charge on any atom is 0.141 e. The van der Waals surface area contributed by atoms with E-state index >= 15 is 0 Å². The van der Waals surface area contributed by atoms with Gasteiger partial charge < -0.3 is 15.3 Å². The van der Waals surface area contributed by atoms with Gasteiger partial charge in [-0.25, -0.2) is 0 Å². The number of benzene rings is 1. The summed E-state index contributed by atoms with van der Waals surface area (Å²) in [5.74, 6) is 0.387. The van der Waals surface area contributed by atoms with E-state index in [1.807, 2.05) is 12.1 Å². The smallest absolute Gasteiger partial charge is 0.141 e. The van der Waals surface area contributed by atoms with E-state index in [0.29, 0.717) is 5.75 Å². The number of phenols is 1. The number of rotatable bonds is 0. The van der Waals surface area contributed by atoms with Gasteiger partial charge in [0.1, 0.15) is 11.4 Å². The quantitative estimate of drug-likeness (QED) is 0.702. The molecule has 86 valence electrons. The van der Waals surface area contributed by atoms with E-state index in [1.54, 1.807) is 6.07 Å². The van der Waals surface area contributed by atoms with E-state index in [0.717, 1.165) is 17.9 Å². The van der Waals surface area contributed by atoms with Gasteiger partial charge in [-0.15, -0.1) is 0 Å². The molecule has 2 N–H and O–H groups in total. The SMILES string of the molecule is CN1c2c(O)cccc2NCC12CCCC2. The summed E-state index contributed by atoms with van der Waals surface area (Å²) in [5, 5.41) is 13.5. The van der Waals surface area contributed by atoms with Crippen LogP contribution in [0.3, 0.4) is 0 Å². The highest BCUT2D eigenvalue weighted by Gasteiger charge is 2.41. The third-order valence-electron chi connectivity index (χ3n) is 4.20. The van der Waals surface area contributed by atoms with E-state index in [-0.39, 0.29) is 5.54 Å². The minimum atomic E-state index is 0.228. The van der Waals surface area contributed by atoms with Gasteiger partial charge in [0.25, 0.3) is 0 Å². The molecular formula is C13H18N2O. The zero-order valence-corrected chi connectivity index (χ0v) is 9.66. The number of para-hydroxylation sites is 1. The number of hydrogen-bond acceptors (Lipinski definition) is 3. The molecule has 3 rings (SSSR count). The topological polar surface area (TPSA) is 35.5 Å².